The van der Waals surface area contributed by atoms with Crippen LogP contribution < -0.4 is 15.4 Å². The minimum atomic E-state index is 0. The van der Waals surface area contributed by atoms with E-state index in [1.54, 1.807) is 14.2 Å². The maximum Gasteiger partial charge on any atom is 0.191 e. The van der Waals surface area contributed by atoms with Gasteiger partial charge in [-0.3, -0.25) is 4.99 Å². The average Bonchev–Trinajstić information content (AvgIpc) is 2.64. The van der Waals surface area contributed by atoms with Gasteiger partial charge in [0.25, 0.3) is 0 Å². The number of guanidine groups is 1. The number of nitrogens with one attached hydrogen (secondary N) is 2. The summed E-state index contributed by atoms with van der Waals surface area (Å²) in [6, 6.07) is 6.33. The zero-order valence-corrected chi connectivity index (χ0v) is 20.4. The quantitative estimate of drug-likeness (QED) is 0.184. The first-order valence-corrected chi connectivity index (χ1v) is 9.80. The Labute approximate surface area is 187 Å². The Morgan fingerprint density at radius 2 is 1.89 bits per heavy atom. The van der Waals surface area contributed by atoms with Crippen LogP contribution in [0.25, 0.3) is 0 Å². The van der Waals surface area contributed by atoms with Crippen LogP contribution in [0, 0.1) is 12.8 Å². The zero-order valence-electron chi connectivity index (χ0n) is 18.0. The highest BCUT2D eigenvalue weighted by atomic mass is 127. The molecule has 1 aromatic rings. The van der Waals surface area contributed by atoms with E-state index in [0.717, 1.165) is 43.3 Å². The predicted octanol–water partition coefficient (Wildman–Crippen LogP) is 3.76. The number of ether oxygens (including phenoxy) is 3. The van der Waals surface area contributed by atoms with Gasteiger partial charge in [-0.1, -0.05) is 26.0 Å². The largest absolute Gasteiger partial charge is 0.493 e. The Balaban J connectivity index is 0.00000729. The molecule has 1 aromatic carbocycles. The van der Waals surface area contributed by atoms with E-state index in [4.69, 9.17) is 14.2 Å². The SMILES string of the molecule is CN=C(NCCCOCCOC)NCc1ccc(C)cc1OCCC(C)C.I. The molecule has 0 spiro atoms. The minimum absolute atomic E-state index is 0. The molecule has 1 rings (SSSR count). The van der Waals surface area contributed by atoms with E-state index in [0.29, 0.717) is 32.3 Å². The summed E-state index contributed by atoms with van der Waals surface area (Å²) >= 11 is 0. The Morgan fingerprint density at radius 1 is 1.11 bits per heavy atom. The van der Waals surface area contributed by atoms with Gasteiger partial charge < -0.3 is 24.8 Å². The fourth-order valence-corrected chi connectivity index (χ4v) is 2.37. The predicted molar refractivity (Wildman–Crippen MR) is 127 cm³/mol. The second-order valence-corrected chi connectivity index (χ2v) is 6.95. The average molecular weight is 507 g/mol. The molecule has 0 amide bonds. The van der Waals surface area contributed by atoms with Crippen LogP contribution in [0.2, 0.25) is 0 Å². The molecule has 7 heteroatoms. The maximum atomic E-state index is 6.01. The second kappa shape index (κ2) is 16.9. The van der Waals surface area contributed by atoms with Gasteiger partial charge in [-0.2, -0.15) is 0 Å². The number of aryl methyl sites for hydroxylation is 1. The topological polar surface area (TPSA) is 64.1 Å². The van der Waals surface area contributed by atoms with E-state index in [2.05, 4.69) is 54.6 Å². The van der Waals surface area contributed by atoms with Gasteiger partial charge in [0.05, 0.1) is 19.8 Å². The fourth-order valence-electron chi connectivity index (χ4n) is 2.37. The van der Waals surface area contributed by atoms with Crippen LogP contribution in [0.5, 0.6) is 5.75 Å². The highest BCUT2D eigenvalue weighted by Gasteiger charge is 2.06. The summed E-state index contributed by atoms with van der Waals surface area (Å²) < 4.78 is 16.4. The molecule has 0 radical (unpaired) electrons. The lowest BCUT2D eigenvalue weighted by molar-refractivity contribution is 0.0698. The lowest BCUT2D eigenvalue weighted by Crippen LogP contribution is -2.37. The number of aliphatic imine (C=N–C) groups is 1. The van der Waals surface area contributed by atoms with Crippen LogP contribution in [0.4, 0.5) is 0 Å². The molecule has 0 aromatic heterocycles. The molecule has 0 aliphatic heterocycles. The van der Waals surface area contributed by atoms with Gasteiger partial charge in [0.1, 0.15) is 5.75 Å². The van der Waals surface area contributed by atoms with E-state index in [1.807, 2.05) is 0 Å². The monoisotopic (exact) mass is 507 g/mol. The van der Waals surface area contributed by atoms with Gasteiger partial charge in [0.2, 0.25) is 0 Å². The lowest BCUT2D eigenvalue weighted by Gasteiger charge is -2.16. The van der Waals surface area contributed by atoms with Crippen molar-refractivity contribution in [2.24, 2.45) is 10.9 Å². The Bertz CT molecular complexity index is 554. The van der Waals surface area contributed by atoms with Gasteiger partial charge in [0, 0.05) is 39.4 Å². The highest BCUT2D eigenvalue weighted by Crippen LogP contribution is 2.21. The number of benzene rings is 1. The number of halogens is 1. The summed E-state index contributed by atoms with van der Waals surface area (Å²) in [4.78, 5) is 4.28. The van der Waals surface area contributed by atoms with Crippen molar-refractivity contribution in [2.45, 2.75) is 40.2 Å². The van der Waals surface area contributed by atoms with Crippen LogP contribution in [-0.2, 0) is 16.0 Å². The third-order valence-electron chi connectivity index (χ3n) is 4.04. The molecule has 162 valence electrons. The van der Waals surface area contributed by atoms with Gasteiger partial charge >= 0.3 is 0 Å². The number of hydrogen-bond donors (Lipinski definition) is 2. The van der Waals surface area contributed by atoms with Crippen molar-refractivity contribution < 1.29 is 14.2 Å². The van der Waals surface area contributed by atoms with Crippen molar-refractivity contribution in [1.29, 1.82) is 0 Å². The first-order valence-electron chi connectivity index (χ1n) is 9.80. The van der Waals surface area contributed by atoms with Crippen LogP contribution in [0.1, 0.15) is 37.8 Å². The number of nitrogens with zero attached hydrogens (tertiary/aromatic N) is 1. The van der Waals surface area contributed by atoms with E-state index < -0.39 is 0 Å². The van der Waals surface area contributed by atoms with Gasteiger partial charge in [-0.25, -0.2) is 0 Å². The van der Waals surface area contributed by atoms with Gasteiger partial charge in [-0.05, 0) is 37.3 Å². The Hall–Kier alpha value is -1.06. The summed E-state index contributed by atoms with van der Waals surface area (Å²) in [7, 11) is 3.45. The summed E-state index contributed by atoms with van der Waals surface area (Å²) in [6.45, 7) is 10.7. The summed E-state index contributed by atoms with van der Waals surface area (Å²) in [5.41, 5.74) is 2.34. The van der Waals surface area contributed by atoms with Crippen molar-refractivity contribution in [3.63, 3.8) is 0 Å². The molecule has 0 heterocycles. The normalized spacial score (nSPS) is 11.3. The molecule has 0 saturated heterocycles. The van der Waals surface area contributed by atoms with Crippen LogP contribution in [-0.4, -0.2) is 53.1 Å². The molecule has 6 nitrogen and oxygen atoms in total. The van der Waals surface area contributed by atoms with Crippen molar-refractivity contribution in [3.05, 3.63) is 29.3 Å². The molecule has 0 unspecified atom stereocenters. The lowest BCUT2D eigenvalue weighted by atomic mass is 10.1. The molecular formula is C21H38IN3O3. The van der Waals surface area contributed by atoms with Crippen LogP contribution in [0.15, 0.2) is 23.2 Å². The Kier molecular flexibility index (Phi) is 16.2. The smallest absolute Gasteiger partial charge is 0.191 e. The maximum absolute atomic E-state index is 6.01. The minimum Gasteiger partial charge on any atom is -0.493 e. The highest BCUT2D eigenvalue weighted by molar-refractivity contribution is 14.0. The second-order valence-electron chi connectivity index (χ2n) is 6.95. The molecule has 0 saturated carbocycles. The third kappa shape index (κ3) is 12.4. The first-order chi connectivity index (χ1) is 13.1. The standard InChI is InChI=1S/C21H37N3O3.HI/c1-17(2)9-12-27-20-15-18(3)7-8-19(20)16-24-21(22-4)23-10-6-11-26-14-13-25-5;/h7-8,15,17H,6,9-14,16H2,1-5H3,(H2,22,23,24);1H. The molecule has 0 atom stereocenters. The summed E-state index contributed by atoms with van der Waals surface area (Å²) in [6.07, 6.45) is 1.97. The molecule has 2 N–H and O–H groups in total. The van der Waals surface area contributed by atoms with Crippen molar-refractivity contribution in [1.82, 2.24) is 10.6 Å². The number of hydrogen-bond acceptors (Lipinski definition) is 4. The molecule has 28 heavy (non-hydrogen) atoms. The molecule has 0 aliphatic rings. The Morgan fingerprint density at radius 3 is 2.57 bits per heavy atom. The van der Waals surface area contributed by atoms with Gasteiger partial charge in [-0.15, -0.1) is 24.0 Å². The van der Waals surface area contributed by atoms with E-state index in [1.165, 1.54) is 5.56 Å². The van der Waals surface area contributed by atoms with E-state index >= 15 is 0 Å². The fraction of sp³-hybridized carbons (Fsp3) is 0.667. The van der Waals surface area contributed by atoms with E-state index in [9.17, 15) is 0 Å². The third-order valence-corrected chi connectivity index (χ3v) is 4.04. The number of methoxy groups -OCH3 is 1. The number of rotatable bonds is 13. The van der Waals surface area contributed by atoms with Crippen LogP contribution in [0.3, 0.4) is 0 Å². The van der Waals surface area contributed by atoms with Crippen LogP contribution >= 0.6 is 24.0 Å². The zero-order chi connectivity index (χ0) is 19.9. The molecule has 0 fully saturated rings. The first kappa shape index (κ1) is 26.9. The molecule has 0 aliphatic carbocycles. The van der Waals surface area contributed by atoms with Crippen molar-refractivity contribution in [3.8, 4) is 5.75 Å². The van der Waals surface area contributed by atoms with Crippen molar-refractivity contribution in [2.75, 3.05) is 47.1 Å². The van der Waals surface area contributed by atoms with Gasteiger partial charge in [0.15, 0.2) is 5.96 Å². The van der Waals surface area contributed by atoms with E-state index in [-0.39, 0.29) is 24.0 Å². The summed E-state index contributed by atoms with van der Waals surface area (Å²) in [5, 5.41) is 6.66. The summed E-state index contributed by atoms with van der Waals surface area (Å²) in [5.74, 6) is 2.36. The van der Waals surface area contributed by atoms with Crippen molar-refractivity contribution >= 4 is 29.9 Å². The molecular weight excluding hydrogens is 469 g/mol. The molecule has 0 bridgehead atoms.